The predicted molar refractivity (Wildman–Crippen MR) is 92.4 cm³/mol. The molecule has 0 aliphatic rings. The van der Waals surface area contributed by atoms with Crippen molar-refractivity contribution in [3.8, 4) is 11.5 Å². The third-order valence-electron chi connectivity index (χ3n) is 3.87. The SMILES string of the molecule is COc1cc(C(=O)N(C)Cc2cc(C(=O)O)c(C)o2)c([N+](=O)[O-])cc1OC. The highest BCUT2D eigenvalue weighted by atomic mass is 16.6. The molecule has 1 N–H and O–H groups in total. The van der Waals surface area contributed by atoms with Crippen LogP contribution in [0.2, 0.25) is 0 Å². The van der Waals surface area contributed by atoms with E-state index in [1.165, 1.54) is 45.2 Å². The molecule has 0 saturated carbocycles. The Hall–Kier alpha value is -3.56. The van der Waals surface area contributed by atoms with E-state index in [0.717, 1.165) is 6.07 Å². The van der Waals surface area contributed by atoms with Crippen LogP contribution in [0.5, 0.6) is 11.5 Å². The van der Waals surface area contributed by atoms with Crippen molar-refractivity contribution < 1.29 is 33.5 Å². The summed E-state index contributed by atoms with van der Waals surface area (Å²) in [6, 6.07) is 3.65. The van der Waals surface area contributed by atoms with E-state index < -0.39 is 22.5 Å². The molecule has 10 heteroatoms. The zero-order chi connectivity index (χ0) is 20.3. The van der Waals surface area contributed by atoms with E-state index in [4.69, 9.17) is 19.0 Å². The van der Waals surface area contributed by atoms with Crippen LogP contribution in [0.1, 0.15) is 32.2 Å². The largest absolute Gasteiger partial charge is 0.493 e. The molecule has 0 aliphatic heterocycles. The summed E-state index contributed by atoms with van der Waals surface area (Å²) >= 11 is 0. The fourth-order valence-corrected chi connectivity index (χ4v) is 2.54. The summed E-state index contributed by atoms with van der Waals surface area (Å²) in [5.41, 5.74) is -0.642. The Kier molecular flexibility index (Phi) is 5.69. The van der Waals surface area contributed by atoms with Crippen LogP contribution in [0.25, 0.3) is 0 Å². The normalized spacial score (nSPS) is 10.4. The molecule has 0 saturated heterocycles. The number of nitrogens with zero attached hydrogens (tertiary/aromatic N) is 2. The molecule has 10 nitrogen and oxygen atoms in total. The monoisotopic (exact) mass is 378 g/mol. The van der Waals surface area contributed by atoms with Gasteiger partial charge in [-0.25, -0.2) is 4.79 Å². The van der Waals surface area contributed by atoms with Gasteiger partial charge in [-0.2, -0.15) is 0 Å². The van der Waals surface area contributed by atoms with Crippen molar-refractivity contribution in [2.45, 2.75) is 13.5 Å². The van der Waals surface area contributed by atoms with Crippen LogP contribution >= 0.6 is 0 Å². The van der Waals surface area contributed by atoms with E-state index in [-0.39, 0.29) is 40.7 Å². The first-order valence-corrected chi connectivity index (χ1v) is 7.68. The van der Waals surface area contributed by atoms with E-state index in [1.54, 1.807) is 0 Å². The minimum atomic E-state index is -1.15. The maximum absolute atomic E-state index is 12.7. The zero-order valence-electron chi connectivity index (χ0n) is 15.1. The van der Waals surface area contributed by atoms with Crippen LogP contribution in [0.4, 0.5) is 5.69 Å². The van der Waals surface area contributed by atoms with Crippen molar-refractivity contribution >= 4 is 17.6 Å². The molecule has 1 heterocycles. The maximum Gasteiger partial charge on any atom is 0.339 e. The second kappa shape index (κ2) is 7.77. The molecule has 2 aromatic rings. The van der Waals surface area contributed by atoms with Crippen LogP contribution in [-0.2, 0) is 6.54 Å². The number of methoxy groups -OCH3 is 2. The lowest BCUT2D eigenvalue weighted by atomic mass is 10.1. The molecule has 144 valence electrons. The van der Waals surface area contributed by atoms with Gasteiger partial charge in [-0.05, 0) is 13.0 Å². The van der Waals surface area contributed by atoms with E-state index in [9.17, 15) is 19.7 Å². The summed E-state index contributed by atoms with van der Waals surface area (Å²) in [7, 11) is 4.09. The van der Waals surface area contributed by atoms with Crippen LogP contribution in [0.3, 0.4) is 0 Å². The summed E-state index contributed by atoms with van der Waals surface area (Å²) in [6.45, 7) is 1.42. The summed E-state index contributed by atoms with van der Waals surface area (Å²) < 4.78 is 15.5. The van der Waals surface area contributed by atoms with Gasteiger partial charge >= 0.3 is 5.97 Å². The van der Waals surface area contributed by atoms with E-state index in [0.29, 0.717) is 0 Å². The second-order valence-corrected chi connectivity index (χ2v) is 5.63. The number of aromatic carboxylic acids is 1. The van der Waals surface area contributed by atoms with E-state index in [2.05, 4.69) is 0 Å². The number of furan rings is 1. The smallest absolute Gasteiger partial charge is 0.339 e. The van der Waals surface area contributed by atoms with Crippen molar-refractivity contribution in [2.24, 2.45) is 0 Å². The lowest BCUT2D eigenvalue weighted by molar-refractivity contribution is -0.385. The third kappa shape index (κ3) is 4.00. The topological polar surface area (TPSA) is 132 Å². The number of nitro groups is 1. The highest BCUT2D eigenvalue weighted by molar-refractivity contribution is 5.99. The van der Waals surface area contributed by atoms with Gasteiger partial charge in [-0.1, -0.05) is 0 Å². The molecule has 0 radical (unpaired) electrons. The Morgan fingerprint density at radius 2 is 1.78 bits per heavy atom. The first-order chi connectivity index (χ1) is 12.7. The highest BCUT2D eigenvalue weighted by Crippen LogP contribution is 2.35. The molecule has 1 aromatic carbocycles. The number of rotatable bonds is 7. The maximum atomic E-state index is 12.7. The summed E-state index contributed by atoms with van der Waals surface area (Å²) in [6.07, 6.45) is 0. The lowest BCUT2D eigenvalue weighted by Crippen LogP contribution is -2.26. The minimum absolute atomic E-state index is 0.0112. The Labute approximate surface area is 154 Å². The van der Waals surface area contributed by atoms with Crippen LogP contribution in [0.15, 0.2) is 22.6 Å². The van der Waals surface area contributed by atoms with Crippen molar-refractivity contribution in [1.29, 1.82) is 0 Å². The van der Waals surface area contributed by atoms with Gasteiger partial charge in [-0.3, -0.25) is 14.9 Å². The predicted octanol–water partition coefficient (Wildman–Crippen LogP) is 2.48. The van der Waals surface area contributed by atoms with Gasteiger partial charge in [-0.15, -0.1) is 0 Å². The number of aryl methyl sites for hydroxylation is 1. The number of nitro benzene ring substituents is 1. The Balaban J connectivity index is 2.37. The van der Waals surface area contributed by atoms with Gasteiger partial charge in [0.25, 0.3) is 11.6 Å². The average Bonchev–Trinajstić information content (AvgIpc) is 2.99. The standard InChI is InChI=1S/C17H18N2O8/c1-9-11(17(21)22)5-10(27-9)8-18(2)16(20)12-6-14(25-3)15(26-4)7-13(12)19(23)24/h5-7H,8H2,1-4H3,(H,21,22). The fraction of sp³-hybridized carbons (Fsp3) is 0.294. The summed E-state index contributed by atoms with van der Waals surface area (Å²) in [5.74, 6) is -1.07. The van der Waals surface area contributed by atoms with Gasteiger partial charge in [0.15, 0.2) is 11.5 Å². The average molecular weight is 378 g/mol. The molecule has 0 unspecified atom stereocenters. The summed E-state index contributed by atoms with van der Waals surface area (Å²) in [4.78, 5) is 35.7. The molecule has 0 fully saturated rings. The molecule has 0 atom stereocenters. The second-order valence-electron chi connectivity index (χ2n) is 5.63. The van der Waals surface area contributed by atoms with Crippen molar-refractivity contribution in [1.82, 2.24) is 4.90 Å². The third-order valence-corrected chi connectivity index (χ3v) is 3.87. The number of ether oxygens (including phenoxy) is 2. The van der Waals surface area contributed by atoms with Crippen molar-refractivity contribution in [3.63, 3.8) is 0 Å². The molecular weight excluding hydrogens is 360 g/mol. The van der Waals surface area contributed by atoms with Crippen molar-refractivity contribution in [2.75, 3.05) is 21.3 Å². The number of carbonyl (C=O) groups is 2. The Morgan fingerprint density at radius 1 is 1.19 bits per heavy atom. The molecule has 1 amide bonds. The van der Waals surface area contributed by atoms with Gasteiger partial charge in [0, 0.05) is 13.1 Å². The fourth-order valence-electron chi connectivity index (χ4n) is 2.54. The van der Waals surface area contributed by atoms with Crippen LogP contribution in [0, 0.1) is 17.0 Å². The molecule has 2 rings (SSSR count). The van der Waals surface area contributed by atoms with Crippen LogP contribution in [-0.4, -0.2) is 48.1 Å². The molecule has 0 bridgehead atoms. The zero-order valence-corrected chi connectivity index (χ0v) is 15.1. The number of carboxylic acid groups (broad SMARTS) is 1. The van der Waals surface area contributed by atoms with Crippen LogP contribution < -0.4 is 9.47 Å². The number of hydrogen-bond acceptors (Lipinski definition) is 7. The van der Waals surface area contributed by atoms with Gasteiger partial charge < -0.3 is 23.9 Å². The first kappa shape index (κ1) is 19.8. The molecule has 0 aliphatic carbocycles. The number of amides is 1. The summed E-state index contributed by atoms with van der Waals surface area (Å²) in [5, 5.41) is 20.4. The quantitative estimate of drug-likeness (QED) is 0.574. The minimum Gasteiger partial charge on any atom is -0.493 e. The molecule has 27 heavy (non-hydrogen) atoms. The molecular formula is C17H18N2O8. The number of hydrogen-bond donors (Lipinski definition) is 1. The number of benzene rings is 1. The van der Waals surface area contributed by atoms with Gasteiger partial charge in [0.1, 0.15) is 22.6 Å². The van der Waals surface area contributed by atoms with Crippen molar-refractivity contribution in [3.05, 3.63) is 51.0 Å². The van der Waals surface area contributed by atoms with Gasteiger partial charge in [0.05, 0.1) is 31.8 Å². The lowest BCUT2D eigenvalue weighted by Gasteiger charge is -2.17. The molecule has 0 spiro atoms. The molecule has 1 aromatic heterocycles. The number of carbonyl (C=O) groups excluding carboxylic acids is 1. The van der Waals surface area contributed by atoms with E-state index in [1.807, 2.05) is 0 Å². The Morgan fingerprint density at radius 3 is 2.26 bits per heavy atom. The number of carboxylic acids is 1. The van der Waals surface area contributed by atoms with E-state index >= 15 is 0 Å². The Bertz CT molecular complexity index is 903. The van der Waals surface area contributed by atoms with Gasteiger partial charge in [0.2, 0.25) is 0 Å². The first-order valence-electron chi connectivity index (χ1n) is 7.68. The highest BCUT2D eigenvalue weighted by Gasteiger charge is 2.27.